The molecule has 2 aromatic rings. The maximum absolute atomic E-state index is 12.2. The van der Waals surface area contributed by atoms with Crippen LogP contribution in [0.2, 0.25) is 0 Å². The molecular weight excluding hydrogens is 306 g/mol. The number of carbonyl (C=O) groups is 2. The fraction of sp³-hybridized carbons (Fsp3) is 0.278. The summed E-state index contributed by atoms with van der Waals surface area (Å²) in [6, 6.07) is 9.08. The number of rotatable bonds is 4. The molecule has 0 unspecified atom stereocenters. The van der Waals surface area contributed by atoms with Crippen molar-refractivity contribution in [3.05, 3.63) is 53.9 Å². The number of carbonyl (C=O) groups excluding carboxylic acids is 2. The van der Waals surface area contributed by atoms with Crippen LogP contribution in [0.15, 0.2) is 42.7 Å². The number of hydrogen-bond acceptors (Lipinski definition) is 4. The molecule has 0 saturated carbocycles. The Morgan fingerprint density at radius 3 is 2.96 bits per heavy atom. The van der Waals surface area contributed by atoms with Crippen molar-refractivity contribution < 1.29 is 14.3 Å². The molecule has 0 fully saturated rings. The summed E-state index contributed by atoms with van der Waals surface area (Å²) in [5, 5.41) is 2.85. The molecule has 1 aromatic carbocycles. The molecule has 0 spiro atoms. The summed E-state index contributed by atoms with van der Waals surface area (Å²) in [7, 11) is 1.51. The average Bonchev–Trinajstić information content (AvgIpc) is 2.62. The predicted molar refractivity (Wildman–Crippen MR) is 91.2 cm³/mol. The van der Waals surface area contributed by atoms with Gasteiger partial charge in [0.25, 0.3) is 11.8 Å². The van der Waals surface area contributed by atoms with Gasteiger partial charge in [0.1, 0.15) is 6.61 Å². The number of nitrogens with zero attached hydrogens (tertiary/aromatic N) is 2. The Morgan fingerprint density at radius 2 is 2.21 bits per heavy atom. The molecule has 6 heteroatoms. The molecule has 1 N–H and O–H groups in total. The molecule has 124 valence electrons. The number of benzene rings is 1. The highest BCUT2D eigenvalue weighted by atomic mass is 16.5. The third kappa shape index (κ3) is 3.44. The topological polar surface area (TPSA) is 71.5 Å². The molecule has 2 amide bonds. The Bertz CT molecular complexity index is 746. The van der Waals surface area contributed by atoms with Gasteiger partial charge in [-0.1, -0.05) is 6.07 Å². The lowest BCUT2D eigenvalue weighted by atomic mass is 10.0. The fourth-order valence-electron chi connectivity index (χ4n) is 2.81. The number of methoxy groups -OCH3 is 1. The van der Waals surface area contributed by atoms with Crippen LogP contribution in [0.1, 0.15) is 22.3 Å². The van der Waals surface area contributed by atoms with Gasteiger partial charge in [0.2, 0.25) is 0 Å². The highest BCUT2D eigenvalue weighted by Gasteiger charge is 2.23. The van der Waals surface area contributed by atoms with Crippen LogP contribution in [-0.4, -0.2) is 37.1 Å². The van der Waals surface area contributed by atoms with Crippen molar-refractivity contribution in [1.82, 2.24) is 4.98 Å². The van der Waals surface area contributed by atoms with Gasteiger partial charge in [0.05, 0.1) is 5.56 Å². The number of anilines is 2. The molecule has 0 atom stereocenters. The van der Waals surface area contributed by atoms with Crippen molar-refractivity contribution in [3.8, 4) is 0 Å². The number of hydrogen-bond donors (Lipinski definition) is 1. The first-order chi connectivity index (χ1) is 11.7. The second-order valence-electron chi connectivity index (χ2n) is 5.62. The van der Waals surface area contributed by atoms with Crippen molar-refractivity contribution in [2.45, 2.75) is 12.8 Å². The summed E-state index contributed by atoms with van der Waals surface area (Å²) in [6.07, 6.45) is 4.98. The Labute approximate surface area is 140 Å². The van der Waals surface area contributed by atoms with E-state index in [0.717, 1.165) is 24.1 Å². The van der Waals surface area contributed by atoms with E-state index in [1.54, 1.807) is 23.2 Å². The SMILES string of the molecule is COCC(=O)N1CCCc2ccc(NC(=O)c3cccnc3)cc21. The summed E-state index contributed by atoms with van der Waals surface area (Å²) < 4.78 is 4.96. The first-order valence-electron chi connectivity index (χ1n) is 7.82. The van der Waals surface area contributed by atoms with E-state index in [-0.39, 0.29) is 18.4 Å². The van der Waals surface area contributed by atoms with Gasteiger partial charge >= 0.3 is 0 Å². The molecule has 6 nitrogen and oxygen atoms in total. The van der Waals surface area contributed by atoms with E-state index in [0.29, 0.717) is 17.8 Å². The minimum Gasteiger partial charge on any atom is -0.375 e. The molecule has 0 bridgehead atoms. The van der Waals surface area contributed by atoms with Crippen LogP contribution in [-0.2, 0) is 16.0 Å². The highest BCUT2D eigenvalue weighted by Crippen LogP contribution is 2.30. The summed E-state index contributed by atoms with van der Waals surface area (Å²) in [4.78, 5) is 30.1. The molecule has 0 aliphatic carbocycles. The number of aromatic nitrogens is 1. The molecule has 1 aliphatic rings. The molecule has 1 aliphatic heterocycles. The minimum atomic E-state index is -0.228. The van der Waals surface area contributed by atoms with E-state index < -0.39 is 0 Å². The zero-order chi connectivity index (χ0) is 16.9. The van der Waals surface area contributed by atoms with Crippen LogP contribution in [0.5, 0.6) is 0 Å². The van der Waals surface area contributed by atoms with E-state index >= 15 is 0 Å². The van der Waals surface area contributed by atoms with Gasteiger partial charge in [-0.25, -0.2) is 0 Å². The number of fused-ring (bicyclic) bond motifs is 1. The van der Waals surface area contributed by atoms with Gasteiger partial charge in [-0.15, -0.1) is 0 Å². The van der Waals surface area contributed by atoms with Gasteiger partial charge in [-0.2, -0.15) is 0 Å². The van der Waals surface area contributed by atoms with Gasteiger partial charge in [-0.05, 0) is 42.7 Å². The monoisotopic (exact) mass is 325 g/mol. The van der Waals surface area contributed by atoms with Crippen LogP contribution >= 0.6 is 0 Å². The lowest BCUT2D eigenvalue weighted by molar-refractivity contribution is -0.122. The summed E-state index contributed by atoms with van der Waals surface area (Å²) in [5.41, 5.74) is 3.08. The third-order valence-corrected chi connectivity index (χ3v) is 3.95. The second-order valence-corrected chi connectivity index (χ2v) is 5.62. The van der Waals surface area contributed by atoms with Crippen LogP contribution in [0, 0.1) is 0 Å². The Kier molecular flexibility index (Phi) is 4.86. The van der Waals surface area contributed by atoms with Crippen LogP contribution in [0.3, 0.4) is 0 Å². The maximum atomic E-state index is 12.2. The van der Waals surface area contributed by atoms with Gasteiger partial charge in [-0.3, -0.25) is 14.6 Å². The first kappa shape index (κ1) is 16.1. The number of aryl methyl sites for hydroxylation is 1. The van der Waals surface area contributed by atoms with Crippen molar-refractivity contribution in [2.75, 3.05) is 30.5 Å². The lowest BCUT2D eigenvalue weighted by Gasteiger charge is -2.29. The second kappa shape index (κ2) is 7.23. The van der Waals surface area contributed by atoms with Crippen molar-refractivity contribution in [2.24, 2.45) is 0 Å². The molecule has 2 heterocycles. The third-order valence-electron chi connectivity index (χ3n) is 3.95. The largest absolute Gasteiger partial charge is 0.375 e. The van der Waals surface area contributed by atoms with Crippen LogP contribution in [0.4, 0.5) is 11.4 Å². The van der Waals surface area contributed by atoms with Gasteiger partial charge in [0.15, 0.2) is 0 Å². The summed E-state index contributed by atoms with van der Waals surface area (Å²) >= 11 is 0. The van der Waals surface area contributed by atoms with Crippen molar-refractivity contribution in [3.63, 3.8) is 0 Å². The number of nitrogens with one attached hydrogen (secondary N) is 1. The van der Waals surface area contributed by atoms with Crippen LogP contribution in [0.25, 0.3) is 0 Å². The lowest BCUT2D eigenvalue weighted by Crippen LogP contribution is -2.37. The predicted octanol–water partition coefficient (Wildman–Crippen LogP) is 2.26. The molecule has 0 saturated heterocycles. The first-order valence-corrected chi connectivity index (χ1v) is 7.82. The smallest absolute Gasteiger partial charge is 0.257 e. The Hall–Kier alpha value is -2.73. The molecular formula is C18H19N3O3. The molecule has 1 aromatic heterocycles. The standard InChI is InChI=1S/C18H19N3O3/c1-24-12-17(22)21-9-3-5-13-6-7-15(10-16(13)21)20-18(23)14-4-2-8-19-11-14/h2,4,6-8,10-11H,3,5,9,12H2,1H3,(H,20,23). The molecule has 24 heavy (non-hydrogen) atoms. The Balaban J connectivity index is 1.83. The van der Waals surface area contributed by atoms with E-state index in [1.807, 2.05) is 18.2 Å². The highest BCUT2D eigenvalue weighted by molar-refractivity contribution is 6.04. The zero-order valence-electron chi connectivity index (χ0n) is 13.5. The van der Waals surface area contributed by atoms with E-state index in [2.05, 4.69) is 10.3 Å². The fourth-order valence-corrected chi connectivity index (χ4v) is 2.81. The van der Waals surface area contributed by atoms with E-state index in [9.17, 15) is 9.59 Å². The van der Waals surface area contributed by atoms with Crippen molar-refractivity contribution >= 4 is 23.2 Å². The van der Waals surface area contributed by atoms with E-state index in [4.69, 9.17) is 4.74 Å². The maximum Gasteiger partial charge on any atom is 0.257 e. The zero-order valence-corrected chi connectivity index (χ0v) is 13.5. The minimum absolute atomic E-state index is 0.0473. The summed E-state index contributed by atoms with van der Waals surface area (Å²) in [5.74, 6) is -0.303. The normalized spacial score (nSPS) is 13.3. The average molecular weight is 325 g/mol. The van der Waals surface area contributed by atoms with E-state index in [1.165, 1.54) is 13.3 Å². The molecule has 3 rings (SSSR count). The Morgan fingerprint density at radius 1 is 1.33 bits per heavy atom. The van der Waals surface area contributed by atoms with Crippen molar-refractivity contribution in [1.29, 1.82) is 0 Å². The summed E-state index contributed by atoms with van der Waals surface area (Å²) in [6.45, 7) is 0.709. The van der Waals surface area contributed by atoms with Gasteiger partial charge < -0.3 is 15.0 Å². The quantitative estimate of drug-likeness (QED) is 0.936. The number of ether oxygens (including phenoxy) is 1. The molecule has 0 radical (unpaired) electrons. The number of pyridine rings is 1. The van der Waals surface area contributed by atoms with Crippen LogP contribution < -0.4 is 10.2 Å². The van der Waals surface area contributed by atoms with Gasteiger partial charge in [0, 0.05) is 37.4 Å². The number of amides is 2.